The summed E-state index contributed by atoms with van der Waals surface area (Å²) in [4.78, 5) is 1.14. The summed E-state index contributed by atoms with van der Waals surface area (Å²) in [7, 11) is 0. The van der Waals surface area contributed by atoms with Crippen molar-refractivity contribution in [3.05, 3.63) is 248 Å². The first-order valence-electron chi connectivity index (χ1n) is 28.1. The lowest BCUT2D eigenvalue weighted by molar-refractivity contribution is 1.28. The molecule has 61 heavy (non-hydrogen) atoms. The van der Waals surface area contributed by atoms with Crippen LogP contribution in [0.2, 0.25) is 0 Å². The van der Waals surface area contributed by atoms with E-state index >= 15 is 0 Å². The highest BCUT2D eigenvalue weighted by Crippen LogP contribution is 2.40. The van der Waals surface area contributed by atoms with Gasteiger partial charge in [0.2, 0.25) is 0 Å². The molecule has 0 unspecified atom stereocenters. The summed E-state index contributed by atoms with van der Waals surface area (Å²) in [5, 5.41) is 5.97. The molecular formula is C60H41N. The van der Waals surface area contributed by atoms with E-state index in [0.717, 1.165) is 59.5 Å². The highest BCUT2D eigenvalue weighted by atomic mass is 15.1. The van der Waals surface area contributed by atoms with Crippen molar-refractivity contribution in [2.75, 3.05) is 4.90 Å². The van der Waals surface area contributed by atoms with Gasteiger partial charge >= 0.3 is 0 Å². The first kappa shape index (κ1) is 22.4. The van der Waals surface area contributed by atoms with Crippen LogP contribution < -0.4 is 4.90 Å². The number of hydrogen-bond donors (Lipinski definition) is 0. The molecule has 0 amide bonds. The predicted molar refractivity (Wildman–Crippen MR) is 261 cm³/mol. The Kier molecular flexibility index (Phi) is 5.74. The molecule has 11 rings (SSSR count). The van der Waals surface area contributed by atoms with E-state index in [1.54, 1.807) is 42.5 Å². The molecule has 0 bridgehead atoms. The average Bonchev–Trinajstić information content (AvgIpc) is 3.50. The van der Waals surface area contributed by atoms with E-state index in [2.05, 4.69) is 6.07 Å². The first-order chi connectivity index (χ1) is 37.3. The van der Waals surface area contributed by atoms with Crippen molar-refractivity contribution in [3.63, 3.8) is 0 Å². The van der Waals surface area contributed by atoms with Crippen LogP contribution in [0.4, 0.5) is 17.1 Å². The Hall–Kier alpha value is -8.00. The second kappa shape index (κ2) is 15.6. The third-order valence-electron chi connectivity index (χ3n) is 10.8. The summed E-state index contributed by atoms with van der Waals surface area (Å²) in [5.74, 6) is 0. The fraction of sp³-hybridized carbons (Fsp3) is 0. The molecule has 0 saturated heterocycles. The SMILES string of the molecule is [2H]c1c([2H])c([2H])c(-c2c([2H])c([2H])c(-c3c([2H])c([2H])c(N(c4ccc(-c5cc6ccccc6c6ccccc56)cc4)c4c([2H])c([2H])c(-c5cccc(-c6cccc7ccccc67)c5)c([2H])c4[2H])c([2H])c3[2H])c([2H])c2[2H])c([2H])c1[2H]. The van der Waals surface area contributed by atoms with Gasteiger partial charge in [-0.15, -0.1) is 0 Å². The summed E-state index contributed by atoms with van der Waals surface area (Å²) in [5.41, 5.74) is 0.260. The maximum absolute atomic E-state index is 9.71. The minimum Gasteiger partial charge on any atom is -0.311 e. The molecule has 0 saturated carbocycles. The summed E-state index contributed by atoms with van der Waals surface area (Å²) >= 11 is 0. The maximum Gasteiger partial charge on any atom is 0.0645 e. The Morgan fingerprint density at radius 2 is 0.754 bits per heavy atom. The van der Waals surface area contributed by atoms with Crippen LogP contribution in [-0.2, 0) is 0 Å². The quantitative estimate of drug-likeness (QED) is 0.139. The third-order valence-corrected chi connectivity index (χ3v) is 10.8. The molecule has 0 aliphatic rings. The van der Waals surface area contributed by atoms with Crippen LogP contribution in [0.1, 0.15) is 23.3 Å². The average molecular weight is 793 g/mol. The van der Waals surface area contributed by atoms with Crippen LogP contribution in [0.5, 0.6) is 0 Å². The van der Waals surface area contributed by atoms with Crippen LogP contribution in [-0.4, -0.2) is 0 Å². The van der Waals surface area contributed by atoms with Crippen molar-refractivity contribution >= 4 is 49.4 Å². The molecule has 0 aliphatic carbocycles. The number of fused-ring (bicyclic) bond motifs is 4. The van der Waals surface area contributed by atoms with Gasteiger partial charge in [-0.2, -0.15) is 0 Å². The molecule has 1 nitrogen and oxygen atoms in total. The van der Waals surface area contributed by atoms with Crippen molar-refractivity contribution < 1.29 is 23.3 Å². The summed E-state index contributed by atoms with van der Waals surface area (Å²) in [6.45, 7) is 0. The second-order valence-electron chi connectivity index (χ2n) is 14.4. The summed E-state index contributed by atoms with van der Waals surface area (Å²) in [6, 6.07) is 33.0. The van der Waals surface area contributed by atoms with Crippen molar-refractivity contribution in [2.24, 2.45) is 0 Å². The lowest BCUT2D eigenvalue weighted by atomic mass is 9.93. The second-order valence-corrected chi connectivity index (χ2v) is 14.4. The largest absolute Gasteiger partial charge is 0.311 e. The third kappa shape index (κ3) is 6.93. The molecular weight excluding hydrogens is 735 g/mol. The predicted octanol–water partition coefficient (Wildman–Crippen LogP) is 17.0. The van der Waals surface area contributed by atoms with Gasteiger partial charge in [-0.1, -0.05) is 200 Å². The van der Waals surface area contributed by atoms with E-state index in [1.165, 1.54) is 0 Å². The minimum atomic E-state index is -0.875. The Morgan fingerprint density at radius 1 is 0.262 bits per heavy atom. The maximum atomic E-state index is 9.71. The molecule has 1 heteroatoms. The first-order valence-corrected chi connectivity index (χ1v) is 19.6. The number of nitrogens with zero attached hydrogens (tertiary/aromatic N) is 1. The summed E-state index contributed by atoms with van der Waals surface area (Å²) in [6.07, 6.45) is 0. The lowest BCUT2D eigenvalue weighted by Crippen LogP contribution is -2.09. The molecule has 0 fully saturated rings. The fourth-order valence-electron chi connectivity index (χ4n) is 7.81. The van der Waals surface area contributed by atoms with Crippen LogP contribution in [0.3, 0.4) is 0 Å². The van der Waals surface area contributed by atoms with Gasteiger partial charge in [0, 0.05) is 17.1 Å². The molecule has 0 N–H and O–H groups in total. The van der Waals surface area contributed by atoms with Gasteiger partial charge in [0.25, 0.3) is 0 Å². The number of anilines is 3. The van der Waals surface area contributed by atoms with Gasteiger partial charge in [-0.05, 0) is 136 Å². The van der Waals surface area contributed by atoms with E-state index < -0.39 is 136 Å². The molecule has 286 valence electrons. The fourth-order valence-corrected chi connectivity index (χ4v) is 7.81. The van der Waals surface area contributed by atoms with E-state index in [9.17, 15) is 11.0 Å². The Balaban J connectivity index is 1.12. The molecule has 0 aromatic heterocycles. The highest BCUT2D eigenvalue weighted by molar-refractivity contribution is 6.13. The van der Waals surface area contributed by atoms with Gasteiger partial charge in [0.05, 0.1) is 23.3 Å². The van der Waals surface area contributed by atoms with E-state index in [-0.39, 0.29) is 11.3 Å². The number of benzene rings is 11. The molecule has 0 radical (unpaired) electrons. The normalized spacial score (nSPS) is 15.2. The van der Waals surface area contributed by atoms with Crippen molar-refractivity contribution in [3.8, 4) is 55.6 Å². The van der Waals surface area contributed by atoms with E-state index in [0.29, 0.717) is 5.56 Å². The Morgan fingerprint density at radius 3 is 1.43 bits per heavy atom. The standard InChI is InChI=1S/C60H41N/c1-2-12-42(13-3-1)43-24-26-44(27-25-43)45-28-34-52(35-29-45)61(54-38-32-48(33-39-54)60-41-51-15-5-7-20-57(51)58-21-8-9-22-59(58)60)53-36-30-46(31-37-53)49-17-10-18-50(40-49)56-23-11-16-47-14-4-6-19-55(47)56/h1-41H/i1D,2D,3D,12D,13D,24D,25D,26D,27D,28D,29D,30D,31D,34D,35D,36D,37D. The lowest BCUT2D eigenvalue weighted by Gasteiger charge is -2.26. The van der Waals surface area contributed by atoms with Crippen LogP contribution in [0.15, 0.2) is 248 Å². The Labute approximate surface area is 381 Å². The Bertz CT molecular complexity index is 4240. The monoisotopic (exact) mass is 792 g/mol. The zero-order valence-corrected chi connectivity index (χ0v) is 32.3. The molecule has 11 aromatic rings. The van der Waals surface area contributed by atoms with E-state index in [1.807, 2.05) is 97.1 Å². The zero-order chi connectivity index (χ0) is 55.3. The minimum absolute atomic E-state index is 0.0281. The molecule has 11 aromatic carbocycles. The van der Waals surface area contributed by atoms with E-state index in [4.69, 9.17) is 12.3 Å². The smallest absolute Gasteiger partial charge is 0.0645 e. The van der Waals surface area contributed by atoms with Crippen LogP contribution >= 0.6 is 0 Å². The summed E-state index contributed by atoms with van der Waals surface area (Å²) < 4.78 is 155. The molecule has 0 atom stereocenters. The molecule has 0 heterocycles. The van der Waals surface area contributed by atoms with Gasteiger partial charge < -0.3 is 4.90 Å². The van der Waals surface area contributed by atoms with Gasteiger partial charge in [0.1, 0.15) is 0 Å². The molecule has 0 spiro atoms. The number of rotatable bonds is 8. The van der Waals surface area contributed by atoms with Gasteiger partial charge in [0.15, 0.2) is 0 Å². The van der Waals surface area contributed by atoms with Crippen molar-refractivity contribution in [2.45, 2.75) is 0 Å². The van der Waals surface area contributed by atoms with Crippen molar-refractivity contribution in [1.29, 1.82) is 0 Å². The van der Waals surface area contributed by atoms with Gasteiger partial charge in [-0.25, -0.2) is 0 Å². The van der Waals surface area contributed by atoms with Crippen molar-refractivity contribution in [1.82, 2.24) is 0 Å². The van der Waals surface area contributed by atoms with Gasteiger partial charge in [-0.3, -0.25) is 0 Å². The topological polar surface area (TPSA) is 3.24 Å². The van der Waals surface area contributed by atoms with Crippen LogP contribution in [0.25, 0.3) is 88.0 Å². The van der Waals surface area contributed by atoms with Crippen LogP contribution in [0, 0.1) is 0 Å². The zero-order valence-electron chi connectivity index (χ0n) is 49.3. The highest BCUT2D eigenvalue weighted by Gasteiger charge is 2.16. The number of hydrogen-bond acceptors (Lipinski definition) is 1. The molecule has 0 aliphatic heterocycles.